The van der Waals surface area contributed by atoms with Crippen molar-refractivity contribution in [2.24, 2.45) is 11.7 Å². The molecule has 1 saturated carbocycles. The second-order valence-corrected chi connectivity index (χ2v) is 7.48. The van der Waals surface area contributed by atoms with Crippen molar-refractivity contribution >= 4 is 27.2 Å². The first-order chi connectivity index (χ1) is 8.50. The van der Waals surface area contributed by atoms with Gasteiger partial charge in [0.15, 0.2) is 0 Å². The number of hydrogen-bond donors (Lipinski definition) is 2. The van der Waals surface area contributed by atoms with Crippen LogP contribution in [-0.4, -0.2) is 37.9 Å². The van der Waals surface area contributed by atoms with Gasteiger partial charge in [0.1, 0.15) is 0 Å². The molecule has 18 heavy (non-hydrogen) atoms. The van der Waals surface area contributed by atoms with E-state index in [-0.39, 0.29) is 17.2 Å². The quantitative estimate of drug-likeness (QED) is 0.739. The van der Waals surface area contributed by atoms with Gasteiger partial charge in [0.05, 0.1) is 10.2 Å². The smallest absolute Gasteiger partial charge is 0.214 e. The molecule has 0 aromatic heterocycles. The average Bonchev–Trinajstić information content (AvgIpc) is 2.78. The Kier molecular flexibility index (Phi) is 4.58. The van der Waals surface area contributed by atoms with Gasteiger partial charge in [-0.2, -0.15) is 0 Å². The van der Waals surface area contributed by atoms with Crippen molar-refractivity contribution in [2.45, 2.75) is 43.4 Å². The molecule has 7 heteroatoms. The lowest BCUT2D eigenvalue weighted by Crippen LogP contribution is -2.46. The second-order valence-electron chi connectivity index (χ2n) is 5.02. The molecule has 1 heterocycles. The van der Waals surface area contributed by atoms with Crippen LogP contribution in [0.1, 0.15) is 32.1 Å². The third-order valence-electron chi connectivity index (χ3n) is 3.80. The van der Waals surface area contributed by atoms with Gasteiger partial charge in [-0.05, 0) is 25.7 Å². The highest BCUT2D eigenvalue weighted by molar-refractivity contribution is 7.90. The molecule has 2 unspecified atom stereocenters. The minimum Gasteiger partial charge on any atom is -0.393 e. The van der Waals surface area contributed by atoms with E-state index in [1.807, 2.05) is 0 Å². The summed E-state index contributed by atoms with van der Waals surface area (Å²) in [4.78, 5) is 0.423. The van der Waals surface area contributed by atoms with E-state index in [4.69, 9.17) is 22.7 Å². The summed E-state index contributed by atoms with van der Waals surface area (Å²) >= 11 is 5.00. The fourth-order valence-electron chi connectivity index (χ4n) is 2.74. The molecule has 0 aromatic rings. The first-order valence-corrected chi connectivity index (χ1v) is 8.34. The van der Waals surface area contributed by atoms with E-state index < -0.39 is 10.0 Å². The number of hydrogen-bond acceptors (Lipinski definition) is 4. The molecule has 0 amide bonds. The summed E-state index contributed by atoms with van der Waals surface area (Å²) in [6.45, 7) is 1.05. The molecule has 104 valence electrons. The minimum absolute atomic E-state index is 0.00890. The lowest BCUT2D eigenvalue weighted by atomic mass is 10.1. The molecule has 0 bridgehead atoms. The van der Waals surface area contributed by atoms with Crippen molar-refractivity contribution in [1.29, 1.82) is 0 Å². The minimum atomic E-state index is -3.28. The number of thiocarbonyl (C=S) groups is 1. The summed E-state index contributed by atoms with van der Waals surface area (Å²) in [5.41, 5.74) is 5.66. The molecule has 1 saturated heterocycles. The molecule has 0 spiro atoms. The molecule has 5 nitrogen and oxygen atoms in total. The Labute approximate surface area is 113 Å². The van der Waals surface area contributed by atoms with Crippen molar-refractivity contribution in [3.63, 3.8) is 0 Å². The van der Waals surface area contributed by atoms with Gasteiger partial charge in [0, 0.05) is 25.2 Å². The van der Waals surface area contributed by atoms with Crippen LogP contribution in [0, 0.1) is 5.92 Å². The third kappa shape index (κ3) is 3.20. The van der Waals surface area contributed by atoms with Crippen molar-refractivity contribution in [2.75, 3.05) is 13.2 Å². The Morgan fingerprint density at radius 1 is 1.22 bits per heavy atom. The first kappa shape index (κ1) is 14.2. The Bertz CT molecular complexity index is 405. The van der Waals surface area contributed by atoms with Gasteiger partial charge in [-0.25, -0.2) is 13.1 Å². The largest absolute Gasteiger partial charge is 0.393 e. The van der Waals surface area contributed by atoms with Gasteiger partial charge >= 0.3 is 0 Å². The molecule has 3 N–H and O–H groups in total. The zero-order chi connectivity index (χ0) is 13.2. The van der Waals surface area contributed by atoms with Crippen LogP contribution in [0.25, 0.3) is 0 Å². The summed E-state index contributed by atoms with van der Waals surface area (Å²) in [7, 11) is -3.28. The number of sulfonamides is 1. The first-order valence-electron chi connectivity index (χ1n) is 6.39. The molecular formula is C11H20N2O3S2. The lowest BCUT2D eigenvalue weighted by molar-refractivity contribution is 0.0980. The van der Waals surface area contributed by atoms with E-state index in [1.165, 1.54) is 0 Å². The van der Waals surface area contributed by atoms with Crippen LogP contribution in [0.2, 0.25) is 0 Å². The molecule has 2 rings (SSSR count). The maximum atomic E-state index is 12.3. The summed E-state index contributed by atoms with van der Waals surface area (Å²) < 4.78 is 32.5. The van der Waals surface area contributed by atoms with Crippen molar-refractivity contribution in [3.05, 3.63) is 0 Å². The van der Waals surface area contributed by atoms with E-state index in [1.54, 1.807) is 0 Å². The van der Waals surface area contributed by atoms with Gasteiger partial charge in [0.25, 0.3) is 0 Å². The third-order valence-corrected chi connectivity index (χ3v) is 6.09. The highest BCUT2D eigenvalue weighted by Crippen LogP contribution is 2.27. The van der Waals surface area contributed by atoms with Crippen LogP contribution >= 0.6 is 12.2 Å². The van der Waals surface area contributed by atoms with E-state index in [9.17, 15) is 8.42 Å². The number of ether oxygens (including phenoxy) is 1. The Morgan fingerprint density at radius 3 is 2.50 bits per heavy atom. The Morgan fingerprint density at radius 2 is 1.89 bits per heavy atom. The predicted molar refractivity (Wildman–Crippen MR) is 73.8 cm³/mol. The lowest BCUT2D eigenvalue weighted by Gasteiger charge is -2.26. The zero-order valence-electron chi connectivity index (χ0n) is 10.3. The van der Waals surface area contributed by atoms with Crippen molar-refractivity contribution in [3.8, 4) is 0 Å². The Balaban J connectivity index is 2.00. The maximum Gasteiger partial charge on any atom is 0.214 e. The van der Waals surface area contributed by atoms with Crippen LogP contribution in [0.5, 0.6) is 0 Å². The van der Waals surface area contributed by atoms with Crippen LogP contribution in [0.4, 0.5) is 0 Å². The van der Waals surface area contributed by atoms with Crippen LogP contribution in [-0.2, 0) is 14.8 Å². The Hall–Kier alpha value is -0.240. The summed E-state index contributed by atoms with van der Waals surface area (Å²) in [5, 5.41) is -0.334. The molecule has 2 fully saturated rings. The molecule has 1 aliphatic carbocycles. The number of nitrogens with two attached hydrogens (primary N) is 1. The van der Waals surface area contributed by atoms with Gasteiger partial charge in [-0.1, -0.05) is 18.6 Å². The van der Waals surface area contributed by atoms with Gasteiger partial charge in [0.2, 0.25) is 10.0 Å². The van der Waals surface area contributed by atoms with E-state index in [0.29, 0.717) is 31.0 Å². The SMILES string of the molecule is NC(=S)C1CCCC1NS(=O)(=O)C1CCOCC1. The van der Waals surface area contributed by atoms with Crippen LogP contribution < -0.4 is 10.5 Å². The molecule has 1 aliphatic heterocycles. The predicted octanol–water partition coefficient (Wildman–Crippen LogP) is 0.540. The van der Waals surface area contributed by atoms with Crippen LogP contribution in [0.3, 0.4) is 0 Å². The van der Waals surface area contributed by atoms with Gasteiger partial charge < -0.3 is 10.5 Å². The fourth-order valence-corrected chi connectivity index (χ4v) is 4.73. The van der Waals surface area contributed by atoms with E-state index in [0.717, 1.165) is 19.3 Å². The number of rotatable bonds is 4. The second kappa shape index (κ2) is 5.81. The van der Waals surface area contributed by atoms with Gasteiger partial charge in [-0.15, -0.1) is 0 Å². The summed E-state index contributed by atoms with van der Waals surface area (Å²) in [6.07, 6.45) is 3.82. The molecule has 2 aliphatic rings. The topological polar surface area (TPSA) is 81.4 Å². The normalized spacial score (nSPS) is 30.4. The maximum absolute atomic E-state index is 12.3. The van der Waals surface area contributed by atoms with Crippen molar-refractivity contribution in [1.82, 2.24) is 4.72 Å². The fraction of sp³-hybridized carbons (Fsp3) is 0.909. The highest BCUT2D eigenvalue weighted by Gasteiger charge is 2.35. The molecule has 0 radical (unpaired) electrons. The van der Waals surface area contributed by atoms with Gasteiger partial charge in [-0.3, -0.25) is 0 Å². The molecular weight excluding hydrogens is 272 g/mol. The summed E-state index contributed by atoms with van der Waals surface area (Å²) in [5.74, 6) is 0.00890. The van der Waals surface area contributed by atoms with E-state index >= 15 is 0 Å². The molecule has 0 aromatic carbocycles. The number of nitrogens with one attached hydrogen (secondary N) is 1. The highest BCUT2D eigenvalue weighted by atomic mass is 32.2. The average molecular weight is 292 g/mol. The van der Waals surface area contributed by atoms with E-state index in [2.05, 4.69) is 4.72 Å². The monoisotopic (exact) mass is 292 g/mol. The molecule has 2 atom stereocenters. The van der Waals surface area contributed by atoms with Crippen molar-refractivity contribution < 1.29 is 13.2 Å². The zero-order valence-corrected chi connectivity index (χ0v) is 11.9. The summed E-state index contributed by atoms with van der Waals surface area (Å²) in [6, 6.07) is -0.115. The standard InChI is InChI=1S/C11H20N2O3S2/c12-11(17)9-2-1-3-10(9)13-18(14,15)8-4-6-16-7-5-8/h8-10,13H,1-7H2,(H2,12,17). The van der Waals surface area contributed by atoms with Crippen LogP contribution in [0.15, 0.2) is 0 Å².